The van der Waals surface area contributed by atoms with E-state index in [1.165, 1.54) is 12.1 Å². The molecular formula is C16H12N4O2. The Morgan fingerprint density at radius 2 is 1.95 bits per heavy atom. The Morgan fingerprint density at radius 1 is 1.18 bits per heavy atom. The second-order valence-electron chi connectivity index (χ2n) is 4.95. The minimum Gasteiger partial charge on any atom is -0.342 e. The molecule has 0 spiro atoms. The van der Waals surface area contributed by atoms with Gasteiger partial charge < -0.3 is 4.98 Å². The fraction of sp³-hybridized carbons (Fsp3) is 0.125. The van der Waals surface area contributed by atoms with Crippen LogP contribution in [0.15, 0.2) is 42.5 Å². The molecule has 6 heteroatoms. The summed E-state index contributed by atoms with van der Waals surface area (Å²) in [7, 11) is 0. The number of nitriles is 1. The van der Waals surface area contributed by atoms with Crippen LogP contribution in [-0.2, 0) is 12.8 Å². The number of aromatic nitrogens is 2. The average molecular weight is 292 g/mol. The minimum absolute atomic E-state index is 0.0507. The summed E-state index contributed by atoms with van der Waals surface area (Å²) in [6.07, 6.45) is 1.49. The summed E-state index contributed by atoms with van der Waals surface area (Å²) in [5.74, 6) is 0.792. The van der Waals surface area contributed by atoms with Crippen molar-refractivity contribution < 1.29 is 4.92 Å². The summed E-state index contributed by atoms with van der Waals surface area (Å²) in [4.78, 5) is 17.9. The summed E-state index contributed by atoms with van der Waals surface area (Å²) in [6.45, 7) is 0. The molecule has 2 aromatic carbocycles. The van der Waals surface area contributed by atoms with Gasteiger partial charge in [0.25, 0.3) is 5.69 Å². The number of hydrogen-bond donors (Lipinski definition) is 1. The van der Waals surface area contributed by atoms with Gasteiger partial charge in [-0.15, -0.1) is 0 Å². The second-order valence-corrected chi connectivity index (χ2v) is 4.95. The van der Waals surface area contributed by atoms with Gasteiger partial charge in [0.1, 0.15) is 5.82 Å². The molecule has 0 aliphatic heterocycles. The van der Waals surface area contributed by atoms with Crippen molar-refractivity contribution in [1.29, 1.82) is 5.26 Å². The van der Waals surface area contributed by atoms with E-state index < -0.39 is 4.92 Å². The van der Waals surface area contributed by atoms with Gasteiger partial charge in [0, 0.05) is 18.6 Å². The van der Waals surface area contributed by atoms with Crippen molar-refractivity contribution in [2.45, 2.75) is 12.8 Å². The quantitative estimate of drug-likeness (QED) is 0.590. The van der Waals surface area contributed by atoms with Crippen LogP contribution < -0.4 is 0 Å². The number of benzene rings is 2. The number of nitro benzene ring substituents is 1. The van der Waals surface area contributed by atoms with Crippen LogP contribution in [0.25, 0.3) is 11.0 Å². The third-order valence-electron chi connectivity index (χ3n) is 3.46. The Balaban J connectivity index is 1.76. The maximum absolute atomic E-state index is 10.8. The van der Waals surface area contributed by atoms with Gasteiger partial charge in [-0.05, 0) is 30.2 Å². The standard InChI is InChI=1S/C16H12N4O2/c17-10-12-3-1-11(2-4-12)5-8-16-18-14-7-6-13(20(21)22)9-15(14)19-16/h1-4,6-7,9H,5,8H2,(H,18,19). The van der Waals surface area contributed by atoms with Crippen molar-refractivity contribution in [2.24, 2.45) is 0 Å². The Morgan fingerprint density at radius 3 is 2.64 bits per heavy atom. The lowest BCUT2D eigenvalue weighted by Gasteiger charge is -1.99. The van der Waals surface area contributed by atoms with E-state index in [0.29, 0.717) is 17.5 Å². The van der Waals surface area contributed by atoms with Crippen molar-refractivity contribution >= 4 is 16.7 Å². The molecule has 1 aromatic heterocycles. The Labute approximate surface area is 126 Å². The molecular weight excluding hydrogens is 280 g/mol. The van der Waals surface area contributed by atoms with E-state index >= 15 is 0 Å². The predicted molar refractivity (Wildman–Crippen MR) is 81.3 cm³/mol. The van der Waals surface area contributed by atoms with Crippen LogP contribution in [0.1, 0.15) is 17.0 Å². The number of imidazole rings is 1. The zero-order valence-corrected chi connectivity index (χ0v) is 11.6. The van der Waals surface area contributed by atoms with E-state index in [9.17, 15) is 10.1 Å². The fourth-order valence-corrected chi connectivity index (χ4v) is 2.29. The van der Waals surface area contributed by atoms with Crippen molar-refractivity contribution in [1.82, 2.24) is 9.97 Å². The minimum atomic E-state index is -0.420. The maximum atomic E-state index is 10.8. The number of rotatable bonds is 4. The van der Waals surface area contributed by atoms with E-state index in [1.54, 1.807) is 18.2 Å². The molecule has 0 saturated carbocycles. The summed E-state index contributed by atoms with van der Waals surface area (Å²) >= 11 is 0. The maximum Gasteiger partial charge on any atom is 0.271 e. The molecule has 6 nitrogen and oxygen atoms in total. The number of fused-ring (bicyclic) bond motifs is 1. The van der Waals surface area contributed by atoms with Gasteiger partial charge in [0.05, 0.1) is 27.6 Å². The van der Waals surface area contributed by atoms with Gasteiger partial charge in [-0.3, -0.25) is 10.1 Å². The van der Waals surface area contributed by atoms with Crippen molar-refractivity contribution in [3.05, 3.63) is 69.5 Å². The summed E-state index contributed by atoms with van der Waals surface area (Å²) in [5.41, 5.74) is 3.20. The lowest BCUT2D eigenvalue weighted by atomic mass is 10.1. The zero-order valence-electron chi connectivity index (χ0n) is 11.6. The number of nitrogens with zero attached hydrogens (tertiary/aromatic N) is 3. The fourth-order valence-electron chi connectivity index (χ4n) is 2.29. The molecule has 3 rings (SSSR count). The first-order valence-corrected chi connectivity index (χ1v) is 6.78. The monoisotopic (exact) mass is 292 g/mol. The van der Waals surface area contributed by atoms with E-state index in [-0.39, 0.29) is 5.69 Å². The first-order valence-electron chi connectivity index (χ1n) is 6.78. The van der Waals surface area contributed by atoms with Crippen LogP contribution in [0.4, 0.5) is 5.69 Å². The number of aromatic amines is 1. The SMILES string of the molecule is N#Cc1ccc(CCc2nc3ccc([N+](=O)[O-])cc3[nH]2)cc1. The number of nitro groups is 1. The van der Waals surface area contributed by atoms with Gasteiger partial charge in [-0.2, -0.15) is 5.26 Å². The summed E-state index contributed by atoms with van der Waals surface area (Å²) < 4.78 is 0. The Bertz CT molecular complexity index is 875. The van der Waals surface area contributed by atoms with Crippen LogP contribution in [0.3, 0.4) is 0 Å². The molecule has 0 amide bonds. The van der Waals surface area contributed by atoms with E-state index in [0.717, 1.165) is 23.3 Å². The molecule has 0 radical (unpaired) electrons. The van der Waals surface area contributed by atoms with Gasteiger partial charge in [-0.25, -0.2) is 4.98 Å². The molecule has 0 atom stereocenters. The third-order valence-corrected chi connectivity index (χ3v) is 3.46. The highest BCUT2D eigenvalue weighted by Crippen LogP contribution is 2.19. The smallest absolute Gasteiger partial charge is 0.271 e. The third kappa shape index (κ3) is 2.79. The van der Waals surface area contributed by atoms with E-state index in [1.807, 2.05) is 12.1 Å². The van der Waals surface area contributed by atoms with Gasteiger partial charge in [-0.1, -0.05) is 12.1 Å². The molecule has 22 heavy (non-hydrogen) atoms. The molecule has 0 bridgehead atoms. The molecule has 0 saturated heterocycles. The molecule has 0 aliphatic rings. The largest absolute Gasteiger partial charge is 0.342 e. The highest BCUT2D eigenvalue weighted by atomic mass is 16.6. The normalized spacial score (nSPS) is 10.5. The summed E-state index contributed by atoms with van der Waals surface area (Å²) in [5, 5.41) is 19.5. The Kier molecular flexibility index (Phi) is 3.54. The van der Waals surface area contributed by atoms with Crippen LogP contribution in [-0.4, -0.2) is 14.9 Å². The summed E-state index contributed by atoms with van der Waals surface area (Å²) in [6, 6.07) is 14.1. The molecule has 3 aromatic rings. The molecule has 1 N–H and O–H groups in total. The van der Waals surface area contributed by atoms with Crippen molar-refractivity contribution in [2.75, 3.05) is 0 Å². The van der Waals surface area contributed by atoms with E-state index in [2.05, 4.69) is 16.0 Å². The van der Waals surface area contributed by atoms with Crippen LogP contribution >= 0.6 is 0 Å². The van der Waals surface area contributed by atoms with Gasteiger partial charge >= 0.3 is 0 Å². The second kappa shape index (κ2) is 5.66. The highest BCUT2D eigenvalue weighted by Gasteiger charge is 2.09. The molecule has 0 aliphatic carbocycles. The average Bonchev–Trinajstić information content (AvgIpc) is 2.95. The van der Waals surface area contributed by atoms with E-state index in [4.69, 9.17) is 5.26 Å². The highest BCUT2D eigenvalue weighted by molar-refractivity contribution is 5.77. The predicted octanol–water partition coefficient (Wildman–Crippen LogP) is 3.13. The molecule has 0 unspecified atom stereocenters. The van der Waals surface area contributed by atoms with Crippen LogP contribution in [0.2, 0.25) is 0 Å². The lowest BCUT2D eigenvalue weighted by molar-refractivity contribution is -0.384. The number of H-pyrrole nitrogens is 1. The van der Waals surface area contributed by atoms with Crippen LogP contribution in [0, 0.1) is 21.4 Å². The first kappa shape index (κ1) is 13.8. The Hall–Kier alpha value is -3.20. The first-order chi connectivity index (χ1) is 10.7. The lowest BCUT2D eigenvalue weighted by Crippen LogP contribution is -1.93. The number of hydrogen-bond acceptors (Lipinski definition) is 4. The molecule has 0 fully saturated rings. The van der Waals surface area contributed by atoms with Gasteiger partial charge in [0.15, 0.2) is 0 Å². The van der Waals surface area contributed by atoms with Crippen LogP contribution in [0.5, 0.6) is 0 Å². The van der Waals surface area contributed by atoms with Crippen molar-refractivity contribution in [3.63, 3.8) is 0 Å². The molecule has 1 heterocycles. The van der Waals surface area contributed by atoms with Gasteiger partial charge in [0.2, 0.25) is 0 Å². The topological polar surface area (TPSA) is 95.6 Å². The number of aryl methyl sites for hydroxylation is 2. The molecule has 108 valence electrons. The number of nitrogens with one attached hydrogen (secondary N) is 1. The zero-order chi connectivity index (χ0) is 15.5. The van der Waals surface area contributed by atoms with Crippen molar-refractivity contribution in [3.8, 4) is 6.07 Å². The number of non-ortho nitro benzene ring substituents is 1.